The van der Waals surface area contributed by atoms with Gasteiger partial charge in [-0.1, -0.05) is 60.7 Å². The molecule has 8 heteroatoms. The lowest BCUT2D eigenvalue weighted by molar-refractivity contribution is 0.249. The van der Waals surface area contributed by atoms with Crippen molar-refractivity contribution in [3.63, 3.8) is 0 Å². The molecule has 1 unspecified atom stereocenters. The van der Waals surface area contributed by atoms with Crippen LogP contribution in [0.25, 0.3) is 10.8 Å². The second kappa shape index (κ2) is 10.2. The smallest absolute Gasteiger partial charge is 0.319 e. The average molecular weight is 516 g/mol. The van der Waals surface area contributed by atoms with Crippen molar-refractivity contribution in [1.29, 1.82) is 0 Å². The molecule has 1 aliphatic heterocycles. The first-order valence-electron chi connectivity index (χ1n) is 12.1. The molecule has 0 fully saturated rings. The average Bonchev–Trinajstić information content (AvgIpc) is 3.36. The minimum atomic E-state index is -3.61. The Labute approximate surface area is 216 Å². The Hall–Kier alpha value is -3.88. The first-order chi connectivity index (χ1) is 17.8. The number of carbonyl (C=O) groups is 1. The minimum absolute atomic E-state index is 0.112. The van der Waals surface area contributed by atoms with Gasteiger partial charge in [0.2, 0.25) is 0 Å². The zero-order valence-corrected chi connectivity index (χ0v) is 21.6. The summed E-state index contributed by atoms with van der Waals surface area (Å²) >= 11 is 0. The molecule has 0 radical (unpaired) electrons. The van der Waals surface area contributed by atoms with Crippen LogP contribution in [-0.4, -0.2) is 21.6 Å². The van der Waals surface area contributed by atoms with Crippen LogP contribution in [0, 0.1) is 0 Å². The minimum Gasteiger partial charge on any atom is -0.495 e. The molecule has 1 atom stereocenters. The number of nitrogens with one attached hydrogen (secondary N) is 3. The highest BCUT2D eigenvalue weighted by Gasteiger charge is 2.20. The monoisotopic (exact) mass is 515 g/mol. The van der Waals surface area contributed by atoms with E-state index >= 15 is 0 Å². The summed E-state index contributed by atoms with van der Waals surface area (Å²) in [7, 11) is -2.17. The highest BCUT2D eigenvalue weighted by atomic mass is 32.2. The largest absolute Gasteiger partial charge is 0.495 e. The van der Waals surface area contributed by atoms with Crippen LogP contribution in [-0.2, 0) is 28.7 Å². The molecule has 2 amide bonds. The number of ether oxygens (including phenoxy) is 1. The third-order valence-corrected chi connectivity index (χ3v) is 8.36. The summed E-state index contributed by atoms with van der Waals surface area (Å²) in [6.45, 7) is 3.48. The summed E-state index contributed by atoms with van der Waals surface area (Å²) in [5.41, 5.74) is 4.46. The number of urea groups is 1. The predicted octanol–water partition coefficient (Wildman–Crippen LogP) is 5.31. The topological polar surface area (TPSA) is 96.5 Å². The van der Waals surface area contributed by atoms with Crippen LogP contribution in [0.2, 0.25) is 0 Å². The molecule has 3 N–H and O–H groups in total. The molecule has 4 aromatic rings. The van der Waals surface area contributed by atoms with Crippen molar-refractivity contribution in [2.45, 2.75) is 36.7 Å². The lowest BCUT2D eigenvalue weighted by atomic mass is 10.00. The molecule has 0 saturated heterocycles. The number of carbonyl (C=O) groups excluding carboxylic acids is 1. The zero-order valence-electron chi connectivity index (χ0n) is 20.7. The van der Waals surface area contributed by atoms with Crippen molar-refractivity contribution < 1.29 is 17.9 Å². The highest BCUT2D eigenvalue weighted by molar-refractivity contribution is 7.90. The maximum absolute atomic E-state index is 13.1. The van der Waals surface area contributed by atoms with Gasteiger partial charge in [0.25, 0.3) is 0 Å². The van der Waals surface area contributed by atoms with Crippen LogP contribution in [0.4, 0.5) is 10.5 Å². The molecule has 7 nitrogen and oxygen atoms in total. The second-order valence-corrected chi connectivity index (χ2v) is 11.2. The van der Waals surface area contributed by atoms with E-state index in [4.69, 9.17) is 4.74 Å². The summed E-state index contributed by atoms with van der Waals surface area (Å²) in [5, 5.41) is 11.2. The molecular formula is C29H29N3O4S. The quantitative estimate of drug-likeness (QED) is 0.310. The van der Waals surface area contributed by atoms with Crippen LogP contribution in [0.15, 0.2) is 83.8 Å². The summed E-state index contributed by atoms with van der Waals surface area (Å²) in [5.74, 6) is 0.159. The zero-order chi connectivity index (χ0) is 26.0. The van der Waals surface area contributed by atoms with E-state index in [1.54, 1.807) is 6.07 Å². The maximum atomic E-state index is 13.1. The normalized spacial score (nSPS) is 13.7. The highest BCUT2D eigenvalue weighted by Crippen LogP contribution is 2.30. The molecule has 0 aliphatic carbocycles. The lowest BCUT2D eigenvalue weighted by Crippen LogP contribution is -2.31. The van der Waals surface area contributed by atoms with Crippen LogP contribution in [0.3, 0.4) is 0 Å². The van der Waals surface area contributed by atoms with Crippen molar-refractivity contribution in [1.82, 2.24) is 10.6 Å². The number of fused-ring (bicyclic) bond motifs is 2. The van der Waals surface area contributed by atoms with E-state index in [0.717, 1.165) is 40.6 Å². The van der Waals surface area contributed by atoms with E-state index in [-0.39, 0.29) is 22.4 Å². The second-order valence-electron chi connectivity index (χ2n) is 9.22. The van der Waals surface area contributed by atoms with Gasteiger partial charge in [0.15, 0.2) is 9.84 Å². The van der Waals surface area contributed by atoms with Crippen LogP contribution in [0.5, 0.6) is 5.75 Å². The number of hydrogen-bond donors (Lipinski definition) is 3. The first-order valence-corrected chi connectivity index (χ1v) is 13.8. The number of hydrogen-bond acceptors (Lipinski definition) is 5. The van der Waals surface area contributed by atoms with Crippen LogP contribution < -0.4 is 20.7 Å². The van der Waals surface area contributed by atoms with Gasteiger partial charge in [0.05, 0.1) is 29.5 Å². The summed E-state index contributed by atoms with van der Waals surface area (Å²) in [4.78, 5) is 13.0. The Morgan fingerprint density at radius 3 is 2.59 bits per heavy atom. The Balaban J connectivity index is 1.30. The van der Waals surface area contributed by atoms with E-state index in [2.05, 4.69) is 16.0 Å². The molecule has 190 valence electrons. The molecule has 4 aromatic carbocycles. The van der Waals surface area contributed by atoms with E-state index in [1.165, 1.54) is 24.8 Å². The lowest BCUT2D eigenvalue weighted by Gasteiger charge is -2.18. The Morgan fingerprint density at radius 1 is 0.973 bits per heavy atom. The Bertz CT molecular complexity index is 1580. The maximum Gasteiger partial charge on any atom is 0.319 e. The number of anilines is 1. The fourth-order valence-electron chi connectivity index (χ4n) is 4.77. The van der Waals surface area contributed by atoms with Gasteiger partial charge in [0.1, 0.15) is 5.75 Å². The van der Waals surface area contributed by atoms with Crippen molar-refractivity contribution >= 4 is 32.3 Å². The third-order valence-electron chi connectivity index (χ3n) is 6.68. The number of methoxy groups -OCH3 is 1. The van der Waals surface area contributed by atoms with Crippen molar-refractivity contribution in [3.8, 4) is 5.75 Å². The van der Waals surface area contributed by atoms with E-state index in [1.807, 2.05) is 67.6 Å². The van der Waals surface area contributed by atoms with Gasteiger partial charge in [-0.2, -0.15) is 0 Å². The first kappa shape index (κ1) is 24.8. The van der Waals surface area contributed by atoms with Gasteiger partial charge < -0.3 is 20.7 Å². The molecular weight excluding hydrogens is 486 g/mol. The summed E-state index contributed by atoms with van der Waals surface area (Å²) in [6.07, 6.45) is 0. The molecule has 0 spiro atoms. The standard InChI is InChI=1S/C29H29N3O4S/c1-19(25-9-5-7-21-6-3-4-8-26(21)25)31-29(33)32-27-13-12-24(15-28(27)36-2)37(34,35)18-20-10-11-22-16-30-17-23(22)14-20/h3-15,19,30H,16-18H2,1-2H3,(H2,31,32,33). The molecule has 0 saturated carbocycles. The van der Waals surface area contributed by atoms with Crippen LogP contribution >= 0.6 is 0 Å². The number of sulfone groups is 1. The van der Waals surface area contributed by atoms with E-state index in [0.29, 0.717) is 5.69 Å². The van der Waals surface area contributed by atoms with E-state index < -0.39 is 15.9 Å². The SMILES string of the molecule is COc1cc(S(=O)(=O)Cc2ccc3c(c2)CNC3)ccc1NC(=O)NC(C)c1cccc2ccccc12. The van der Waals surface area contributed by atoms with Crippen LogP contribution in [0.1, 0.15) is 35.2 Å². The Morgan fingerprint density at radius 2 is 1.76 bits per heavy atom. The molecule has 37 heavy (non-hydrogen) atoms. The van der Waals surface area contributed by atoms with Gasteiger partial charge in [0, 0.05) is 19.2 Å². The van der Waals surface area contributed by atoms with E-state index in [9.17, 15) is 13.2 Å². The fourth-order valence-corrected chi connectivity index (χ4v) is 6.12. The van der Waals surface area contributed by atoms with Gasteiger partial charge in [-0.15, -0.1) is 0 Å². The number of amides is 2. The van der Waals surface area contributed by atoms with Gasteiger partial charge in [-0.05, 0) is 52.1 Å². The van der Waals surface area contributed by atoms with Crippen molar-refractivity contribution in [2.75, 3.05) is 12.4 Å². The molecule has 5 rings (SSSR count). The fraction of sp³-hybridized carbons (Fsp3) is 0.207. The summed E-state index contributed by atoms with van der Waals surface area (Å²) < 4.78 is 31.7. The molecule has 0 aromatic heterocycles. The number of benzene rings is 4. The van der Waals surface area contributed by atoms with Gasteiger partial charge in [-0.3, -0.25) is 0 Å². The number of rotatable bonds is 7. The van der Waals surface area contributed by atoms with Crippen molar-refractivity contribution in [3.05, 3.63) is 101 Å². The molecule has 1 aliphatic rings. The summed E-state index contributed by atoms with van der Waals surface area (Å²) in [6, 6.07) is 23.6. The third kappa shape index (κ3) is 5.30. The van der Waals surface area contributed by atoms with Gasteiger partial charge in [-0.25, -0.2) is 13.2 Å². The van der Waals surface area contributed by atoms with Crippen molar-refractivity contribution in [2.24, 2.45) is 0 Å². The molecule has 0 bridgehead atoms. The molecule has 1 heterocycles. The predicted molar refractivity (Wildman–Crippen MR) is 145 cm³/mol. The van der Waals surface area contributed by atoms with Gasteiger partial charge >= 0.3 is 6.03 Å². The Kier molecular flexibility index (Phi) is 6.86.